The summed E-state index contributed by atoms with van der Waals surface area (Å²) in [6.45, 7) is 12.7. The number of hydrogen-bond donors (Lipinski definition) is 1. The molecule has 1 atom stereocenters. The Balaban J connectivity index is 1.83. The van der Waals surface area contributed by atoms with Gasteiger partial charge in [0, 0.05) is 17.9 Å². The molecular formula is C25H30N4OS. The molecule has 1 amide bonds. The first kappa shape index (κ1) is 22.8. The lowest BCUT2D eigenvalue weighted by Crippen LogP contribution is -2.33. The molecule has 1 N–H and O–H groups in total. The van der Waals surface area contributed by atoms with Crippen LogP contribution in [0.25, 0.3) is 0 Å². The second-order valence-electron chi connectivity index (χ2n) is 8.08. The fraction of sp³-hybridized carbons (Fsp3) is 0.320. The summed E-state index contributed by atoms with van der Waals surface area (Å²) in [5.41, 5.74) is 4.18. The first-order valence-electron chi connectivity index (χ1n) is 10.5. The van der Waals surface area contributed by atoms with E-state index in [4.69, 9.17) is 0 Å². The summed E-state index contributed by atoms with van der Waals surface area (Å²) in [7, 11) is 0. The molecule has 6 heteroatoms. The van der Waals surface area contributed by atoms with Crippen molar-refractivity contribution in [2.45, 2.75) is 51.2 Å². The minimum absolute atomic E-state index is 0.107. The predicted molar refractivity (Wildman–Crippen MR) is 127 cm³/mol. The van der Waals surface area contributed by atoms with Gasteiger partial charge in [-0.25, -0.2) is 0 Å². The molecule has 1 heterocycles. The molecule has 2 aromatic carbocycles. The number of allylic oxidation sites excluding steroid dienone is 1. The van der Waals surface area contributed by atoms with Gasteiger partial charge in [0.25, 0.3) is 5.91 Å². The summed E-state index contributed by atoms with van der Waals surface area (Å²) < 4.78 is 2.05. The Labute approximate surface area is 189 Å². The maximum absolute atomic E-state index is 12.9. The Kier molecular flexibility index (Phi) is 7.69. The monoisotopic (exact) mass is 434 g/mol. The van der Waals surface area contributed by atoms with Crippen molar-refractivity contribution in [3.05, 3.63) is 89.3 Å². The number of benzene rings is 2. The zero-order valence-corrected chi connectivity index (χ0v) is 19.4. The summed E-state index contributed by atoms with van der Waals surface area (Å²) in [5.74, 6) is 1.60. The Bertz CT molecular complexity index is 1040. The molecule has 3 rings (SSSR count). The van der Waals surface area contributed by atoms with Crippen LogP contribution in [0.2, 0.25) is 0 Å². The predicted octanol–water partition coefficient (Wildman–Crippen LogP) is 5.50. The fourth-order valence-corrected chi connectivity index (χ4v) is 4.22. The molecule has 0 saturated carbocycles. The summed E-state index contributed by atoms with van der Waals surface area (Å²) in [5, 5.41) is 12.9. The first-order valence-corrected chi connectivity index (χ1v) is 11.5. The van der Waals surface area contributed by atoms with E-state index < -0.39 is 0 Å². The highest BCUT2D eigenvalue weighted by atomic mass is 32.2. The summed E-state index contributed by atoms with van der Waals surface area (Å²) in [4.78, 5) is 12.9. The van der Waals surface area contributed by atoms with Gasteiger partial charge in [-0.15, -0.1) is 16.8 Å². The maximum atomic E-state index is 12.9. The third-order valence-corrected chi connectivity index (χ3v) is 6.10. The number of hydrogen-bond acceptors (Lipinski definition) is 4. The standard InChI is InChI=1S/C25H30N4OS/c1-6-14-29-23(27-28-25(29)31-16-20-12-10-18(4)11-13-20)22(17(2)3)26-24(30)21-9-7-8-19(5)15-21/h6-13,15,17,22H,1,14,16H2,2-5H3,(H,26,30)/t22-/m0/s1. The first-order chi connectivity index (χ1) is 14.9. The highest BCUT2D eigenvalue weighted by Crippen LogP contribution is 2.27. The van der Waals surface area contributed by atoms with Gasteiger partial charge in [0.2, 0.25) is 0 Å². The molecule has 0 unspecified atom stereocenters. The van der Waals surface area contributed by atoms with Gasteiger partial charge in [0.1, 0.15) is 0 Å². The van der Waals surface area contributed by atoms with Crippen LogP contribution >= 0.6 is 11.8 Å². The smallest absolute Gasteiger partial charge is 0.251 e. The van der Waals surface area contributed by atoms with E-state index in [9.17, 15) is 4.79 Å². The van der Waals surface area contributed by atoms with E-state index in [2.05, 4.69) is 67.1 Å². The summed E-state index contributed by atoms with van der Waals surface area (Å²) >= 11 is 1.64. The lowest BCUT2D eigenvalue weighted by atomic mass is 10.0. The van der Waals surface area contributed by atoms with Crippen molar-refractivity contribution in [1.82, 2.24) is 20.1 Å². The van der Waals surface area contributed by atoms with Crippen molar-refractivity contribution in [3.63, 3.8) is 0 Å². The van der Waals surface area contributed by atoms with Crippen molar-refractivity contribution >= 4 is 17.7 Å². The fourth-order valence-electron chi connectivity index (χ4n) is 3.31. The van der Waals surface area contributed by atoms with Crippen LogP contribution in [-0.2, 0) is 12.3 Å². The average molecular weight is 435 g/mol. The normalized spacial score (nSPS) is 12.0. The highest BCUT2D eigenvalue weighted by molar-refractivity contribution is 7.98. The van der Waals surface area contributed by atoms with Crippen molar-refractivity contribution in [3.8, 4) is 0 Å². The number of thioether (sulfide) groups is 1. The van der Waals surface area contributed by atoms with Gasteiger partial charge < -0.3 is 9.88 Å². The Morgan fingerprint density at radius 2 is 1.87 bits per heavy atom. The molecule has 0 aliphatic rings. The summed E-state index contributed by atoms with van der Waals surface area (Å²) in [6.07, 6.45) is 1.84. The van der Waals surface area contributed by atoms with Crippen molar-refractivity contribution in [2.75, 3.05) is 0 Å². The number of aryl methyl sites for hydroxylation is 2. The van der Waals surface area contributed by atoms with Crippen LogP contribution in [0.3, 0.4) is 0 Å². The van der Waals surface area contributed by atoms with Gasteiger partial charge in [0.15, 0.2) is 11.0 Å². The number of carbonyl (C=O) groups is 1. The van der Waals surface area contributed by atoms with Crippen LogP contribution in [0.15, 0.2) is 66.3 Å². The number of carbonyl (C=O) groups excluding carboxylic acids is 1. The molecule has 0 radical (unpaired) electrons. The molecule has 0 aliphatic heterocycles. The molecular weight excluding hydrogens is 404 g/mol. The number of nitrogens with one attached hydrogen (secondary N) is 1. The van der Waals surface area contributed by atoms with E-state index in [0.29, 0.717) is 12.1 Å². The van der Waals surface area contributed by atoms with Crippen LogP contribution in [0.5, 0.6) is 0 Å². The van der Waals surface area contributed by atoms with Crippen LogP contribution in [-0.4, -0.2) is 20.7 Å². The second kappa shape index (κ2) is 10.4. The van der Waals surface area contributed by atoms with E-state index in [0.717, 1.165) is 22.3 Å². The minimum atomic E-state index is -0.255. The molecule has 0 fully saturated rings. The minimum Gasteiger partial charge on any atom is -0.342 e. The van der Waals surface area contributed by atoms with Gasteiger partial charge in [0.05, 0.1) is 6.04 Å². The molecule has 0 bridgehead atoms. The van der Waals surface area contributed by atoms with E-state index in [-0.39, 0.29) is 17.9 Å². The quantitative estimate of drug-likeness (QED) is 0.357. The van der Waals surface area contributed by atoms with E-state index in [1.807, 2.05) is 41.8 Å². The van der Waals surface area contributed by atoms with Crippen molar-refractivity contribution < 1.29 is 4.79 Å². The Hall–Kier alpha value is -2.86. The topological polar surface area (TPSA) is 59.8 Å². The zero-order valence-electron chi connectivity index (χ0n) is 18.6. The number of rotatable bonds is 9. The molecule has 0 aliphatic carbocycles. The van der Waals surface area contributed by atoms with Gasteiger partial charge in [-0.1, -0.05) is 79.2 Å². The van der Waals surface area contributed by atoms with Gasteiger partial charge in [-0.2, -0.15) is 0 Å². The number of aromatic nitrogens is 3. The molecule has 31 heavy (non-hydrogen) atoms. The van der Waals surface area contributed by atoms with E-state index >= 15 is 0 Å². The molecule has 1 aromatic heterocycles. The lowest BCUT2D eigenvalue weighted by Gasteiger charge is -2.22. The van der Waals surface area contributed by atoms with Gasteiger partial charge >= 0.3 is 0 Å². The number of amides is 1. The Morgan fingerprint density at radius 1 is 1.13 bits per heavy atom. The summed E-state index contributed by atoms with van der Waals surface area (Å²) in [6, 6.07) is 15.9. The number of nitrogens with zero attached hydrogens (tertiary/aromatic N) is 3. The maximum Gasteiger partial charge on any atom is 0.251 e. The Morgan fingerprint density at radius 3 is 2.52 bits per heavy atom. The van der Waals surface area contributed by atoms with Crippen molar-refractivity contribution in [2.24, 2.45) is 5.92 Å². The lowest BCUT2D eigenvalue weighted by molar-refractivity contribution is 0.0922. The van der Waals surface area contributed by atoms with E-state index in [1.165, 1.54) is 11.1 Å². The third-order valence-electron chi connectivity index (χ3n) is 5.06. The van der Waals surface area contributed by atoms with E-state index in [1.54, 1.807) is 11.8 Å². The SMILES string of the molecule is C=CCn1c(SCc2ccc(C)cc2)nnc1[C@@H](NC(=O)c1cccc(C)c1)C(C)C. The molecule has 162 valence electrons. The second-order valence-corrected chi connectivity index (χ2v) is 9.02. The van der Waals surface area contributed by atoms with Crippen molar-refractivity contribution in [1.29, 1.82) is 0 Å². The van der Waals surface area contributed by atoms with Gasteiger partial charge in [-0.3, -0.25) is 4.79 Å². The molecule has 0 saturated heterocycles. The van der Waals surface area contributed by atoms with Gasteiger partial charge in [-0.05, 0) is 37.5 Å². The zero-order chi connectivity index (χ0) is 22.4. The average Bonchev–Trinajstić information content (AvgIpc) is 3.13. The van der Waals surface area contributed by atoms with Crippen LogP contribution < -0.4 is 5.32 Å². The largest absolute Gasteiger partial charge is 0.342 e. The third kappa shape index (κ3) is 5.85. The highest BCUT2D eigenvalue weighted by Gasteiger charge is 2.26. The van der Waals surface area contributed by atoms with Crippen LogP contribution in [0.4, 0.5) is 0 Å². The molecule has 5 nitrogen and oxygen atoms in total. The van der Waals surface area contributed by atoms with Crippen LogP contribution in [0.1, 0.15) is 52.8 Å². The van der Waals surface area contributed by atoms with Crippen LogP contribution in [0, 0.1) is 19.8 Å². The molecule has 0 spiro atoms. The molecule has 3 aromatic rings.